The van der Waals surface area contributed by atoms with Crippen LogP contribution in [-0.2, 0) is 4.79 Å². The molecule has 2 heterocycles. The van der Waals surface area contributed by atoms with E-state index in [0.717, 1.165) is 6.42 Å². The summed E-state index contributed by atoms with van der Waals surface area (Å²) in [6.07, 6.45) is 2.55. The lowest BCUT2D eigenvalue weighted by molar-refractivity contribution is -0.152. The van der Waals surface area contributed by atoms with Gasteiger partial charge < -0.3 is 10.0 Å². The van der Waals surface area contributed by atoms with E-state index >= 15 is 0 Å². The lowest BCUT2D eigenvalue weighted by Gasteiger charge is -2.38. The number of nitrogens with zero attached hydrogens (tertiary/aromatic N) is 1. The number of piperidine rings is 1. The summed E-state index contributed by atoms with van der Waals surface area (Å²) in [5.74, 6) is -0.818. The molecule has 1 N–H and O–H groups in total. The number of amides is 1. The van der Waals surface area contributed by atoms with E-state index in [-0.39, 0.29) is 5.91 Å². The second-order valence-electron chi connectivity index (χ2n) is 5.23. The van der Waals surface area contributed by atoms with Crippen LogP contribution in [0.2, 0.25) is 5.02 Å². The average molecular weight is 316 g/mol. The van der Waals surface area contributed by atoms with Crippen molar-refractivity contribution in [3.63, 3.8) is 0 Å². The van der Waals surface area contributed by atoms with Crippen LogP contribution in [0, 0.1) is 5.41 Å². The van der Waals surface area contributed by atoms with Gasteiger partial charge in [-0.05, 0) is 30.7 Å². The maximum Gasteiger partial charge on any atom is 0.309 e. The van der Waals surface area contributed by atoms with Crippen LogP contribution in [-0.4, -0.2) is 35.0 Å². The smallest absolute Gasteiger partial charge is 0.309 e. The molecule has 0 atom stereocenters. The molecule has 4 nitrogen and oxygen atoms in total. The van der Waals surface area contributed by atoms with E-state index in [1.54, 1.807) is 16.3 Å². The van der Waals surface area contributed by atoms with E-state index < -0.39 is 11.4 Å². The molecule has 2 rings (SSSR count). The summed E-state index contributed by atoms with van der Waals surface area (Å²) in [6, 6.07) is 1.71. The molecule has 0 unspecified atom stereocenters. The monoisotopic (exact) mass is 315 g/mol. The van der Waals surface area contributed by atoms with Crippen LogP contribution in [0.15, 0.2) is 11.4 Å². The van der Waals surface area contributed by atoms with E-state index in [4.69, 9.17) is 11.6 Å². The molecule has 1 aliphatic rings. The third kappa shape index (κ3) is 2.83. The molecular weight excluding hydrogens is 298 g/mol. The lowest BCUT2D eigenvalue weighted by Crippen LogP contribution is -2.46. The minimum absolute atomic E-state index is 0.0829. The molecule has 20 heavy (non-hydrogen) atoms. The van der Waals surface area contributed by atoms with Crippen molar-refractivity contribution < 1.29 is 14.7 Å². The Kier molecular flexibility index (Phi) is 4.70. The molecule has 0 bridgehead atoms. The van der Waals surface area contributed by atoms with Gasteiger partial charge in [-0.1, -0.05) is 24.9 Å². The quantitative estimate of drug-likeness (QED) is 0.925. The minimum Gasteiger partial charge on any atom is -0.481 e. The van der Waals surface area contributed by atoms with Crippen molar-refractivity contribution in [3.05, 3.63) is 21.3 Å². The first-order chi connectivity index (χ1) is 9.50. The van der Waals surface area contributed by atoms with E-state index in [2.05, 4.69) is 0 Å². The number of rotatable bonds is 4. The van der Waals surface area contributed by atoms with Gasteiger partial charge in [-0.25, -0.2) is 0 Å². The van der Waals surface area contributed by atoms with Crippen molar-refractivity contribution in [3.8, 4) is 0 Å². The standard InChI is InChI=1S/C14H18ClNO3S/c1-2-4-14(13(18)19)5-7-16(8-6-14)12(17)11-10(15)3-9-20-11/h3,9H,2,4-8H2,1H3,(H,18,19). The zero-order valence-electron chi connectivity index (χ0n) is 11.4. The summed E-state index contributed by atoms with van der Waals surface area (Å²) >= 11 is 7.31. The Hall–Kier alpha value is -1.07. The largest absolute Gasteiger partial charge is 0.481 e. The number of hydrogen-bond donors (Lipinski definition) is 1. The number of thiophene rings is 1. The first kappa shape index (κ1) is 15.3. The fraction of sp³-hybridized carbons (Fsp3) is 0.571. The zero-order chi connectivity index (χ0) is 14.8. The second kappa shape index (κ2) is 6.14. The average Bonchev–Trinajstić information content (AvgIpc) is 2.85. The first-order valence-corrected chi connectivity index (χ1v) is 8.01. The van der Waals surface area contributed by atoms with Crippen molar-refractivity contribution in [1.29, 1.82) is 0 Å². The van der Waals surface area contributed by atoms with Crippen molar-refractivity contribution in [2.45, 2.75) is 32.6 Å². The Labute approximate surface area is 127 Å². The molecule has 1 aromatic heterocycles. The maximum atomic E-state index is 12.3. The molecule has 6 heteroatoms. The van der Waals surface area contributed by atoms with Crippen molar-refractivity contribution in [2.24, 2.45) is 5.41 Å². The number of carbonyl (C=O) groups excluding carboxylic acids is 1. The summed E-state index contributed by atoms with van der Waals surface area (Å²) in [4.78, 5) is 26.1. The van der Waals surface area contributed by atoms with Crippen LogP contribution < -0.4 is 0 Å². The maximum absolute atomic E-state index is 12.3. The van der Waals surface area contributed by atoms with Crippen LogP contribution >= 0.6 is 22.9 Å². The SMILES string of the molecule is CCCC1(C(=O)O)CCN(C(=O)c2sccc2Cl)CC1. The first-order valence-electron chi connectivity index (χ1n) is 6.76. The highest BCUT2D eigenvalue weighted by molar-refractivity contribution is 7.12. The summed E-state index contributed by atoms with van der Waals surface area (Å²) in [7, 11) is 0. The summed E-state index contributed by atoms with van der Waals surface area (Å²) in [5.41, 5.74) is -0.662. The highest BCUT2D eigenvalue weighted by atomic mass is 35.5. The van der Waals surface area contributed by atoms with Crippen LogP contribution in [0.4, 0.5) is 0 Å². The van der Waals surface area contributed by atoms with Gasteiger partial charge in [0.15, 0.2) is 0 Å². The third-order valence-corrected chi connectivity index (χ3v) is 5.33. The zero-order valence-corrected chi connectivity index (χ0v) is 13.0. The molecule has 0 spiro atoms. The molecule has 1 aliphatic heterocycles. The highest BCUT2D eigenvalue weighted by Gasteiger charge is 2.41. The number of hydrogen-bond acceptors (Lipinski definition) is 3. The van der Waals surface area contributed by atoms with Crippen LogP contribution in [0.25, 0.3) is 0 Å². The predicted octanol–water partition coefficient (Wildman–Crippen LogP) is 3.51. The van der Waals surface area contributed by atoms with Gasteiger partial charge in [-0.3, -0.25) is 9.59 Å². The topological polar surface area (TPSA) is 57.6 Å². The fourth-order valence-electron chi connectivity index (χ4n) is 2.78. The lowest BCUT2D eigenvalue weighted by atomic mass is 9.75. The van der Waals surface area contributed by atoms with E-state index in [1.807, 2.05) is 6.92 Å². The van der Waals surface area contributed by atoms with Gasteiger partial charge in [-0.15, -0.1) is 11.3 Å². The van der Waals surface area contributed by atoms with Crippen LogP contribution in [0.1, 0.15) is 42.3 Å². The van der Waals surface area contributed by atoms with Crippen LogP contribution in [0.3, 0.4) is 0 Å². The van der Waals surface area contributed by atoms with E-state index in [0.29, 0.717) is 42.3 Å². The number of aliphatic carboxylic acids is 1. The molecule has 110 valence electrons. The van der Waals surface area contributed by atoms with Gasteiger partial charge in [0.05, 0.1) is 10.4 Å². The molecule has 0 aliphatic carbocycles. The molecule has 1 amide bonds. The van der Waals surface area contributed by atoms with Gasteiger partial charge in [0.25, 0.3) is 5.91 Å². The highest BCUT2D eigenvalue weighted by Crippen LogP contribution is 2.37. The molecule has 1 aromatic rings. The Balaban J connectivity index is 2.05. The summed E-state index contributed by atoms with van der Waals surface area (Å²) in [6.45, 7) is 2.96. The van der Waals surface area contributed by atoms with Crippen molar-refractivity contribution in [2.75, 3.05) is 13.1 Å². The van der Waals surface area contributed by atoms with Gasteiger partial charge in [-0.2, -0.15) is 0 Å². The van der Waals surface area contributed by atoms with Gasteiger partial charge in [0.1, 0.15) is 4.88 Å². The number of halogens is 1. The minimum atomic E-state index is -0.736. The Morgan fingerprint density at radius 2 is 2.10 bits per heavy atom. The molecule has 1 saturated heterocycles. The molecule has 0 radical (unpaired) electrons. The van der Waals surface area contributed by atoms with E-state index in [9.17, 15) is 14.7 Å². The molecular formula is C14H18ClNO3S. The molecule has 0 saturated carbocycles. The van der Waals surface area contributed by atoms with E-state index in [1.165, 1.54) is 11.3 Å². The number of likely N-dealkylation sites (tertiary alicyclic amines) is 1. The molecule has 1 fully saturated rings. The predicted molar refractivity (Wildman–Crippen MR) is 79.4 cm³/mol. The Morgan fingerprint density at radius 1 is 1.45 bits per heavy atom. The van der Waals surface area contributed by atoms with Crippen molar-refractivity contribution >= 4 is 34.8 Å². The van der Waals surface area contributed by atoms with Crippen molar-refractivity contribution in [1.82, 2.24) is 4.90 Å². The number of carboxylic acids is 1. The third-order valence-electron chi connectivity index (χ3n) is 4.00. The Bertz CT molecular complexity index is 506. The summed E-state index contributed by atoms with van der Waals surface area (Å²) < 4.78 is 0. The van der Waals surface area contributed by atoms with Gasteiger partial charge in [0, 0.05) is 13.1 Å². The molecule has 0 aromatic carbocycles. The second-order valence-corrected chi connectivity index (χ2v) is 6.55. The van der Waals surface area contributed by atoms with Crippen LogP contribution in [0.5, 0.6) is 0 Å². The van der Waals surface area contributed by atoms with Gasteiger partial charge in [0.2, 0.25) is 0 Å². The number of carboxylic acid groups (broad SMARTS) is 1. The fourth-order valence-corrected chi connectivity index (χ4v) is 3.88. The normalized spacial score (nSPS) is 18.0. The number of carbonyl (C=O) groups is 2. The Morgan fingerprint density at radius 3 is 2.55 bits per heavy atom. The summed E-state index contributed by atoms with van der Waals surface area (Å²) in [5, 5.41) is 11.7. The van der Waals surface area contributed by atoms with Gasteiger partial charge >= 0.3 is 5.97 Å².